The number of fused-ring (bicyclic) bond motifs is 9. The van der Waals surface area contributed by atoms with Gasteiger partial charge in [0.1, 0.15) is 29.3 Å². The minimum absolute atomic E-state index is 0.0728. The normalized spacial score (nSPS) is 15.9. The molecule has 0 saturated heterocycles. The fraction of sp³-hybridized carbons (Fsp3) is 0.0392. The maximum atomic E-state index is 6.52. The third-order valence-electron chi connectivity index (χ3n) is 11.5. The van der Waals surface area contributed by atoms with Gasteiger partial charge in [-0.3, -0.25) is 5.32 Å². The summed E-state index contributed by atoms with van der Waals surface area (Å²) in [7, 11) is 0. The molecular formula is C51H34N4OS. The fourth-order valence-corrected chi connectivity index (χ4v) is 9.85. The second-order valence-electron chi connectivity index (χ2n) is 14.8. The van der Waals surface area contributed by atoms with E-state index in [1.54, 1.807) is 0 Å². The first-order valence-corrected chi connectivity index (χ1v) is 20.2. The first-order valence-electron chi connectivity index (χ1n) is 19.3. The van der Waals surface area contributed by atoms with E-state index in [-0.39, 0.29) is 12.3 Å². The molecule has 0 bridgehead atoms. The van der Waals surface area contributed by atoms with Crippen LogP contribution in [0, 0.1) is 0 Å². The number of nitrogens with one attached hydrogen (secondary N) is 2. The summed E-state index contributed by atoms with van der Waals surface area (Å²) in [6.07, 6.45) is -0.275. The number of aliphatic imine (C=N–C) groups is 1. The van der Waals surface area contributed by atoms with Crippen LogP contribution in [0.25, 0.3) is 80.7 Å². The molecule has 0 radical (unpaired) electrons. The predicted molar refractivity (Wildman–Crippen MR) is 238 cm³/mol. The number of rotatable bonds is 5. The average molecular weight is 751 g/mol. The van der Waals surface area contributed by atoms with Gasteiger partial charge in [0.25, 0.3) is 0 Å². The Morgan fingerprint density at radius 3 is 1.95 bits per heavy atom. The van der Waals surface area contributed by atoms with E-state index in [1.165, 1.54) is 58.7 Å². The quantitative estimate of drug-likeness (QED) is 0.184. The molecule has 3 aromatic heterocycles. The topological polar surface area (TPSA) is 54.5 Å². The Labute approximate surface area is 332 Å². The summed E-state index contributed by atoms with van der Waals surface area (Å²) in [6.45, 7) is 0. The number of thiophene rings is 1. The maximum absolute atomic E-state index is 6.52. The van der Waals surface area contributed by atoms with Gasteiger partial charge in [0.2, 0.25) is 0 Å². The zero-order valence-electron chi connectivity index (χ0n) is 30.7. The molecular weight excluding hydrogens is 717 g/mol. The lowest BCUT2D eigenvalue weighted by atomic mass is 10.00. The standard InChI is InChI=1S/C51H34N4OS/c1-3-11-31(12-4-1)49-52-50(32-13-5-2-6-14-32)54-51(53-49)35-19-23-40-42-28-34(21-26-47(42)57-48(40)29-35)33-20-25-45-41(27-33)39-24-22-36(30-46(39)56-45)55-43-17-9-7-15-37(43)38-16-8-10-18-44(38)55/h1-30,49,51,53H,(H,52,54). The lowest BCUT2D eigenvalue weighted by Gasteiger charge is -2.32. The molecule has 2 unspecified atom stereocenters. The van der Waals surface area contributed by atoms with Gasteiger partial charge in [0.15, 0.2) is 0 Å². The molecule has 11 aromatic rings. The van der Waals surface area contributed by atoms with Gasteiger partial charge < -0.3 is 14.3 Å². The molecule has 4 heterocycles. The van der Waals surface area contributed by atoms with Gasteiger partial charge >= 0.3 is 0 Å². The molecule has 1 aliphatic heterocycles. The van der Waals surface area contributed by atoms with E-state index in [0.717, 1.165) is 44.6 Å². The van der Waals surface area contributed by atoms with Crippen molar-refractivity contribution in [2.45, 2.75) is 12.3 Å². The van der Waals surface area contributed by atoms with Crippen LogP contribution in [-0.2, 0) is 0 Å². The summed E-state index contributed by atoms with van der Waals surface area (Å²) in [5.74, 6) is 0.889. The fourth-order valence-electron chi connectivity index (χ4n) is 8.72. The second kappa shape index (κ2) is 12.8. The van der Waals surface area contributed by atoms with E-state index in [2.05, 4.69) is 191 Å². The molecule has 6 heteroatoms. The third-order valence-corrected chi connectivity index (χ3v) is 12.6. The summed E-state index contributed by atoms with van der Waals surface area (Å²) in [5, 5.41) is 14.7. The van der Waals surface area contributed by atoms with Gasteiger partial charge in [-0.2, -0.15) is 0 Å². The van der Waals surface area contributed by atoms with E-state index in [1.807, 2.05) is 17.4 Å². The number of hydrogen-bond donors (Lipinski definition) is 2. The summed E-state index contributed by atoms with van der Waals surface area (Å²) in [4.78, 5) is 5.19. The largest absolute Gasteiger partial charge is 0.456 e. The average Bonchev–Trinajstić information content (AvgIpc) is 3.95. The van der Waals surface area contributed by atoms with Gasteiger partial charge in [-0.05, 0) is 76.9 Å². The highest BCUT2D eigenvalue weighted by Crippen LogP contribution is 2.40. The van der Waals surface area contributed by atoms with Gasteiger partial charge in [-0.1, -0.05) is 121 Å². The van der Waals surface area contributed by atoms with Crippen molar-refractivity contribution in [3.8, 4) is 16.8 Å². The van der Waals surface area contributed by atoms with Crippen LogP contribution in [0.1, 0.15) is 29.0 Å². The molecule has 57 heavy (non-hydrogen) atoms. The van der Waals surface area contributed by atoms with Crippen LogP contribution >= 0.6 is 11.3 Å². The molecule has 0 aliphatic carbocycles. The van der Waals surface area contributed by atoms with Crippen molar-refractivity contribution in [1.29, 1.82) is 0 Å². The van der Waals surface area contributed by atoms with Crippen LogP contribution in [0.3, 0.4) is 0 Å². The SMILES string of the molecule is c1ccc(C2=NC(c3ccc4c(c3)sc3ccc(-c5ccc6oc7cc(-n8c9ccccc9c9ccccc98)ccc7c6c5)cc34)NC(c3ccccc3)N2)cc1. The van der Waals surface area contributed by atoms with Crippen molar-refractivity contribution < 1.29 is 4.42 Å². The summed E-state index contributed by atoms with van der Waals surface area (Å²) < 4.78 is 11.4. The van der Waals surface area contributed by atoms with Crippen LogP contribution in [0.4, 0.5) is 0 Å². The summed E-state index contributed by atoms with van der Waals surface area (Å²) in [6, 6.07) is 65.0. The Balaban J connectivity index is 0.901. The molecule has 0 amide bonds. The molecule has 5 nitrogen and oxygen atoms in total. The number of hydrogen-bond acceptors (Lipinski definition) is 5. The van der Waals surface area contributed by atoms with Crippen LogP contribution in [-0.4, -0.2) is 10.4 Å². The van der Waals surface area contributed by atoms with Crippen molar-refractivity contribution in [2.75, 3.05) is 0 Å². The molecule has 2 N–H and O–H groups in total. The highest BCUT2D eigenvalue weighted by Gasteiger charge is 2.26. The van der Waals surface area contributed by atoms with Crippen molar-refractivity contribution in [3.63, 3.8) is 0 Å². The molecule has 0 saturated carbocycles. The molecule has 12 rings (SSSR count). The summed E-state index contributed by atoms with van der Waals surface area (Å²) in [5.41, 5.74) is 11.0. The van der Waals surface area contributed by atoms with Crippen LogP contribution in [0.2, 0.25) is 0 Å². The number of nitrogens with zero attached hydrogens (tertiary/aromatic N) is 2. The number of para-hydroxylation sites is 2. The molecule has 270 valence electrons. The first-order chi connectivity index (χ1) is 28.2. The van der Waals surface area contributed by atoms with Crippen molar-refractivity contribution in [1.82, 2.24) is 15.2 Å². The Morgan fingerprint density at radius 2 is 1.16 bits per heavy atom. The molecule has 8 aromatic carbocycles. The zero-order chi connectivity index (χ0) is 37.5. The maximum Gasteiger partial charge on any atom is 0.137 e. The highest BCUT2D eigenvalue weighted by atomic mass is 32.1. The first kappa shape index (κ1) is 32.3. The third kappa shape index (κ3) is 5.30. The Hall–Kier alpha value is -6.99. The predicted octanol–water partition coefficient (Wildman–Crippen LogP) is 13.1. The zero-order valence-corrected chi connectivity index (χ0v) is 31.5. The van der Waals surface area contributed by atoms with Crippen molar-refractivity contribution in [2.24, 2.45) is 4.99 Å². The monoisotopic (exact) mass is 750 g/mol. The Bertz CT molecular complexity index is 3320. The minimum Gasteiger partial charge on any atom is -0.456 e. The van der Waals surface area contributed by atoms with E-state index >= 15 is 0 Å². The van der Waals surface area contributed by atoms with Gasteiger partial charge in [0.05, 0.1) is 11.0 Å². The molecule has 0 fully saturated rings. The van der Waals surface area contributed by atoms with Crippen molar-refractivity contribution >= 4 is 81.1 Å². The molecule has 2 atom stereocenters. The highest BCUT2D eigenvalue weighted by molar-refractivity contribution is 7.25. The molecule has 0 spiro atoms. The molecule has 1 aliphatic rings. The Morgan fingerprint density at radius 1 is 0.474 bits per heavy atom. The smallest absolute Gasteiger partial charge is 0.137 e. The Kier molecular flexibility index (Phi) is 7.24. The number of aromatic nitrogens is 1. The minimum atomic E-state index is -0.202. The number of furan rings is 1. The lowest BCUT2D eigenvalue weighted by molar-refractivity contribution is 0.409. The van der Waals surface area contributed by atoms with Crippen LogP contribution < -0.4 is 10.6 Å². The van der Waals surface area contributed by atoms with Crippen LogP contribution in [0.5, 0.6) is 0 Å². The van der Waals surface area contributed by atoms with Gasteiger partial charge in [-0.15, -0.1) is 11.3 Å². The number of amidine groups is 1. The van der Waals surface area contributed by atoms with Gasteiger partial charge in [-0.25, -0.2) is 4.99 Å². The van der Waals surface area contributed by atoms with Crippen LogP contribution in [0.15, 0.2) is 191 Å². The summed E-state index contributed by atoms with van der Waals surface area (Å²) >= 11 is 1.84. The van der Waals surface area contributed by atoms with E-state index in [4.69, 9.17) is 9.41 Å². The number of benzene rings is 8. The lowest BCUT2D eigenvalue weighted by Crippen LogP contribution is -2.44. The second-order valence-corrected chi connectivity index (χ2v) is 15.9. The van der Waals surface area contributed by atoms with Gasteiger partial charge in [0, 0.05) is 59.0 Å². The van der Waals surface area contributed by atoms with Crippen molar-refractivity contribution in [3.05, 3.63) is 199 Å². The van der Waals surface area contributed by atoms with E-state index in [0.29, 0.717) is 0 Å². The van der Waals surface area contributed by atoms with E-state index in [9.17, 15) is 0 Å². The van der Waals surface area contributed by atoms with E-state index < -0.39 is 0 Å².